The largest absolute Gasteiger partial charge is 0.370 e. The van der Waals surface area contributed by atoms with Crippen molar-refractivity contribution in [2.45, 2.75) is 45.4 Å². The summed E-state index contributed by atoms with van der Waals surface area (Å²) in [5, 5.41) is 5.93. The minimum atomic E-state index is -0.0989. The lowest BCUT2D eigenvalue weighted by Crippen LogP contribution is -2.30. The van der Waals surface area contributed by atoms with Crippen LogP contribution in [0.25, 0.3) is 0 Å². The zero-order valence-corrected chi connectivity index (χ0v) is 13.0. The van der Waals surface area contributed by atoms with Gasteiger partial charge in [-0.2, -0.15) is 0 Å². The molecule has 0 atom stereocenters. The van der Waals surface area contributed by atoms with E-state index in [0.29, 0.717) is 0 Å². The van der Waals surface area contributed by atoms with Gasteiger partial charge in [-0.15, -0.1) is 0 Å². The van der Waals surface area contributed by atoms with Gasteiger partial charge in [-0.25, -0.2) is 4.79 Å². The fraction of sp³-hybridized carbons (Fsp3) is 0.588. The molecule has 0 radical (unpaired) electrons. The van der Waals surface area contributed by atoms with Crippen LogP contribution in [0.4, 0.5) is 16.2 Å². The molecule has 1 fully saturated rings. The van der Waals surface area contributed by atoms with Crippen LogP contribution in [0, 0.1) is 0 Å². The molecule has 0 saturated carbocycles. The standard InChI is InChI=1S/C17H27N3O/c1-2-3-4-7-12-18-17(21)19-15-10-5-6-11-16(15)20-13-8-9-14-20/h5-6,10-11H,2-4,7-9,12-14H2,1H3,(H2,18,19,21). The van der Waals surface area contributed by atoms with E-state index in [-0.39, 0.29) is 6.03 Å². The number of hydrogen-bond donors (Lipinski definition) is 2. The summed E-state index contributed by atoms with van der Waals surface area (Å²) in [6.07, 6.45) is 7.16. The summed E-state index contributed by atoms with van der Waals surface area (Å²) in [4.78, 5) is 14.3. The number of nitrogens with zero attached hydrogens (tertiary/aromatic N) is 1. The molecule has 21 heavy (non-hydrogen) atoms. The number of urea groups is 1. The maximum absolute atomic E-state index is 12.0. The Kier molecular flexibility index (Phi) is 6.38. The zero-order chi connectivity index (χ0) is 14.9. The molecule has 0 spiro atoms. The van der Waals surface area contributed by atoms with Crippen LogP contribution in [0.1, 0.15) is 45.4 Å². The minimum absolute atomic E-state index is 0.0989. The second-order valence-corrected chi connectivity index (χ2v) is 5.65. The van der Waals surface area contributed by atoms with E-state index in [2.05, 4.69) is 28.5 Å². The number of hydrogen-bond acceptors (Lipinski definition) is 2. The van der Waals surface area contributed by atoms with Gasteiger partial charge in [-0.05, 0) is 31.4 Å². The van der Waals surface area contributed by atoms with Crippen LogP contribution in [-0.2, 0) is 0 Å². The lowest BCUT2D eigenvalue weighted by atomic mass is 10.2. The molecule has 2 rings (SSSR count). The summed E-state index contributed by atoms with van der Waals surface area (Å²) < 4.78 is 0. The van der Waals surface area contributed by atoms with Gasteiger partial charge in [-0.1, -0.05) is 38.3 Å². The lowest BCUT2D eigenvalue weighted by Gasteiger charge is -2.21. The van der Waals surface area contributed by atoms with Crippen molar-refractivity contribution in [1.29, 1.82) is 0 Å². The molecule has 116 valence electrons. The Morgan fingerprint density at radius 1 is 1.14 bits per heavy atom. The number of amides is 2. The SMILES string of the molecule is CCCCCCNC(=O)Nc1ccccc1N1CCCC1. The van der Waals surface area contributed by atoms with Crippen LogP contribution in [0.5, 0.6) is 0 Å². The van der Waals surface area contributed by atoms with Gasteiger partial charge in [0.25, 0.3) is 0 Å². The maximum Gasteiger partial charge on any atom is 0.319 e. The summed E-state index contributed by atoms with van der Waals surface area (Å²) in [6, 6.07) is 7.96. The molecule has 0 bridgehead atoms. The zero-order valence-electron chi connectivity index (χ0n) is 13.0. The van der Waals surface area contributed by atoms with E-state index < -0.39 is 0 Å². The van der Waals surface area contributed by atoms with Crippen LogP contribution in [-0.4, -0.2) is 25.7 Å². The van der Waals surface area contributed by atoms with Gasteiger partial charge in [-0.3, -0.25) is 0 Å². The average molecular weight is 289 g/mol. The van der Waals surface area contributed by atoms with E-state index >= 15 is 0 Å². The third kappa shape index (κ3) is 4.96. The van der Waals surface area contributed by atoms with Gasteiger partial charge in [0, 0.05) is 19.6 Å². The number of nitrogens with one attached hydrogen (secondary N) is 2. The molecule has 4 heteroatoms. The molecule has 1 heterocycles. The molecule has 1 saturated heterocycles. The smallest absolute Gasteiger partial charge is 0.319 e. The second-order valence-electron chi connectivity index (χ2n) is 5.65. The molecule has 1 aliphatic rings. The molecular formula is C17H27N3O. The van der Waals surface area contributed by atoms with Gasteiger partial charge in [0.2, 0.25) is 0 Å². The van der Waals surface area contributed by atoms with Gasteiger partial charge >= 0.3 is 6.03 Å². The summed E-state index contributed by atoms with van der Waals surface area (Å²) in [5.74, 6) is 0. The molecule has 4 nitrogen and oxygen atoms in total. The van der Waals surface area contributed by atoms with Crippen LogP contribution >= 0.6 is 0 Å². The fourth-order valence-electron chi connectivity index (χ4n) is 2.73. The highest BCUT2D eigenvalue weighted by atomic mass is 16.2. The minimum Gasteiger partial charge on any atom is -0.370 e. The monoisotopic (exact) mass is 289 g/mol. The average Bonchev–Trinajstić information content (AvgIpc) is 3.02. The summed E-state index contributed by atoms with van der Waals surface area (Å²) in [5.41, 5.74) is 2.04. The normalized spacial score (nSPS) is 14.2. The van der Waals surface area contributed by atoms with Crippen LogP contribution in [0.2, 0.25) is 0 Å². The molecule has 1 aromatic carbocycles. The number of rotatable bonds is 7. The molecular weight excluding hydrogens is 262 g/mol. The van der Waals surface area contributed by atoms with Crippen molar-refractivity contribution in [3.63, 3.8) is 0 Å². The Morgan fingerprint density at radius 3 is 2.67 bits per heavy atom. The first-order chi connectivity index (χ1) is 10.3. The van der Waals surface area contributed by atoms with Gasteiger partial charge < -0.3 is 15.5 Å². The Morgan fingerprint density at radius 2 is 1.90 bits per heavy atom. The number of unbranched alkanes of at least 4 members (excludes halogenated alkanes) is 3. The predicted molar refractivity (Wildman–Crippen MR) is 89.1 cm³/mol. The van der Waals surface area contributed by atoms with Crippen molar-refractivity contribution in [3.05, 3.63) is 24.3 Å². The molecule has 2 N–H and O–H groups in total. The van der Waals surface area contributed by atoms with E-state index in [1.54, 1.807) is 0 Å². The highest BCUT2D eigenvalue weighted by molar-refractivity contribution is 5.93. The fourth-order valence-corrected chi connectivity index (χ4v) is 2.73. The number of carbonyl (C=O) groups excluding carboxylic acids is 1. The second kappa shape index (κ2) is 8.55. The van der Waals surface area contributed by atoms with Gasteiger partial charge in [0.15, 0.2) is 0 Å². The number of carbonyl (C=O) groups is 1. The summed E-state index contributed by atoms with van der Waals surface area (Å²) in [6.45, 7) is 5.10. The van der Waals surface area contributed by atoms with Crippen molar-refractivity contribution in [3.8, 4) is 0 Å². The van der Waals surface area contributed by atoms with Crippen LogP contribution in [0.3, 0.4) is 0 Å². The Hall–Kier alpha value is -1.71. The van der Waals surface area contributed by atoms with E-state index in [1.807, 2.05) is 18.2 Å². The van der Waals surface area contributed by atoms with E-state index in [9.17, 15) is 4.79 Å². The van der Waals surface area contributed by atoms with Gasteiger partial charge in [0.05, 0.1) is 11.4 Å². The topological polar surface area (TPSA) is 44.4 Å². The van der Waals surface area contributed by atoms with E-state index in [4.69, 9.17) is 0 Å². The Bertz CT molecular complexity index is 441. The number of benzene rings is 1. The van der Waals surface area contributed by atoms with Crippen LogP contribution in [0.15, 0.2) is 24.3 Å². The Labute approximate surface area is 127 Å². The van der Waals surface area contributed by atoms with E-state index in [1.165, 1.54) is 32.1 Å². The van der Waals surface area contributed by atoms with Crippen molar-refractivity contribution >= 4 is 17.4 Å². The molecule has 1 aliphatic heterocycles. The third-order valence-corrected chi connectivity index (χ3v) is 3.91. The summed E-state index contributed by atoms with van der Waals surface area (Å²) >= 11 is 0. The van der Waals surface area contributed by atoms with Crippen molar-refractivity contribution in [2.24, 2.45) is 0 Å². The molecule has 2 amide bonds. The number of anilines is 2. The highest BCUT2D eigenvalue weighted by Gasteiger charge is 2.16. The van der Waals surface area contributed by atoms with Crippen molar-refractivity contribution in [1.82, 2.24) is 5.32 Å². The quantitative estimate of drug-likeness (QED) is 0.745. The first-order valence-corrected chi connectivity index (χ1v) is 8.20. The lowest BCUT2D eigenvalue weighted by molar-refractivity contribution is 0.252. The van der Waals surface area contributed by atoms with Gasteiger partial charge in [0.1, 0.15) is 0 Å². The first-order valence-electron chi connectivity index (χ1n) is 8.20. The predicted octanol–water partition coefficient (Wildman–Crippen LogP) is 3.99. The summed E-state index contributed by atoms with van der Waals surface area (Å²) in [7, 11) is 0. The first kappa shape index (κ1) is 15.7. The number of para-hydroxylation sites is 2. The molecule has 1 aromatic rings. The highest BCUT2D eigenvalue weighted by Crippen LogP contribution is 2.28. The third-order valence-electron chi connectivity index (χ3n) is 3.91. The van der Waals surface area contributed by atoms with Crippen molar-refractivity contribution in [2.75, 3.05) is 29.9 Å². The van der Waals surface area contributed by atoms with Crippen LogP contribution < -0.4 is 15.5 Å². The van der Waals surface area contributed by atoms with Crippen molar-refractivity contribution < 1.29 is 4.79 Å². The maximum atomic E-state index is 12.0. The molecule has 0 aromatic heterocycles. The van der Waals surface area contributed by atoms with E-state index in [0.717, 1.165) is 37.4 Å². The Balaban J connectivity index is 1.83. The molecule has 0 unspecified atom stereocenters. The molecule has 0 aliphatic carbocycles.